The normalized spacial score (nSPS) is 10.4. The maximum absolute atomic E-state index is 11.9. The Balaban J connectivity index is 1.54. The molecule has 1 aromatic heterocycles. The summed E-state index contributed by atoms with van der Waals surface area (Å²) < 4.78 is 5.59. The lowest BCUT2D eigenvalue weighted by molar-refractivity contribution is -0.117. The third-order valence-corrected chi connectivity index (χ3v) is 4.32. The van der Waals surface area contributed by atoms with E-state index in [9.17, 15) is 9.59 Å². The van der Waals surface area contributed by atoms with Crippen molar-refractivity contribution in [2.45, 2.75) is 5.22 Å². The number of benzene rings is 2. The number of amides is 2. The maximum atomic E-state index is 11.9. The summed E-state index contributed by atoms with van der Waals surface area (Å²) in [7, 11) is 0. The predicted octanol–water partition coefficient (Wildman–Crippen LogP) is 4.04. The van der Waals surface area contributed by atoms with Gasteiger partial charge >= 0.3 is 0 Å². The second-order valence-corrected chi connectivity index (χ2v) is 6.39. The highest BCUT2D eigenvalue weighted by Gasteiger charge is 2.13. The molecule has 126 valence electrons. The number of carbonyl (C=O) groups is 2. The maximum Gasteiger partial charge on any atom is 0.257 e. The van der Waals surface area contributed by atoms with Crippen LogP contribution in [0, 0.1) is 0 Å². The van der Waals surface area contributed by atoms with E-state index in [0.717, 1.165) is 17.3 Å². The summed E-state index contributed by atoms with van der Waals surface area (Å²) in [6, 6.07) is 15.7. The molecule has 0 saturated heterocycles. The van der Waals surface area contributed by atoms with Gasteiger partial charge < -0.3 is 4.42 Å². The largest absolute Gasteiger partial charge is 0.431 e. The van der Waals surface area contributed by atoms with E-state index < -0.39 is 11.8 Å². The molecule has 1 N–H and O–H groups in total. The second-order valence-electron chi connectivity index (χ2n) is 5.03. The first-order valence-electron chi connectivity index (χ1n) is 7.35. The number of hydrogen-bond acceptors (Lipinski definition) is 5. The summed E-state index contributed by atoms with van der Waals surface area (Å²) >= 11 is 6.97. The van der Waals surface area contributed by atoms with Gasteiger partial charge in [0, 0.05) is 16.1 Å². The number of rotatable bonds is 5. The van der Waals surface area contributed by atoms with Gasteiger partial charge in [-0.3, -0.25) is 14.9 Å². The smallest absolute Gasteiger partial charge is 0.257 e. The van der Waals surface area contributed by atoms with Crippen LogP contribution < -0.4 is 5.32 Å². The van der Waals surface area contributed by atoms with Gasteiger partial charge in [-0.25, -0.2) is 4.98 Å². The molecule has 0 aliphatic rings. The van der Waals surface area contributed by atoms with Crippen molar-refractivity contribution in [1.29, 1.82) is 0 Å². The van der Waals surface area contributed by atoms with Crippen molar-refractivity contribution in [3.63, 3.8) is 0 Å². The molecule has 3 rings (SSSR count). The van der Waals surface area contributed by atoms with Gasteiger partial charge in [0.2, 0.25) is 5.91 Å². The highest BCUT2D eigenvalue weighted by Crippen LogP contribution is 2.26. The third kappa shape index (κ3) is 4.71. The molecule has 5 nitrogen and oxygen atoms in total. The van der Waals surface area contributed by atoms with Crippen molar-refractivity contribution in [2.75, 3.05) is 5.75 Å². The minimum Gasteiger partial charge on any atom is -0.431 e. The van der Waals surface area contributed by atoms with Gasteiger partial charge in [0.15, 0.2) is 5.76 Å². The molecule has 0 atom stereocenters. The summed E-state index contributed by atoms with van der Waals surface area (Å²) in [5, 5.41) is 3.32. The Morgan fingerprint density at radius 2 is 1.80 bits per heavy atom. The van der Waals surface area contributed by atoms with Crippen LogP contribution >= 0.6 is 23.4 Å². The van der Waals surface area contributed by atoms with Crippen LogP contribution in [0.1, 0.15) is 10.4 Å². The number of nitrogens with zero attached hydrogens (tertiary/aromatic N) is 1. The first-order chi connectivity index (χ1) is 12.1. The van der Waals surface area contributed by atoms with Gasteiger partial charge in [-0.2, -0.15) is 0 Å². The Bertz CT molecular complexity index is 879. The van der Waals surface area contributed by atoms with Gasteiger partial charge in [0.25, 0.3) is 11.1 Å². The SMILES string of the molecule is O=C(CSc1ncc(-c2ccc(Cl)cc2)o1)NC(=O)c1ccccc1. The highest BCUT2D eigenvalue weighted by molar-refractivity contribution is 7.99. The van der Waals surface area contributed by atoms with E-state index in [4.69, 9.17) is 16.0 Å². The molecular weight excluding hydrogens is 360 g/mol. The van der Waals surface area contributed by atoms with Gasteiger partial charge in [0.1, 0.15) is 0 Å². The van der Waals surface area contributed by atoms with Crippen LogP contribution in [0.2, 0.25) is 5.02 Å². The van der Waals surface area contributed by atoms with E-state index in [1.807, 2.05) is 12.1 Å². The first-order valence-corrected chi connectivity index (χ1v) is 8.72. The fraction of sp³-hybridized carbons (Fsp3) is 0.0556. The lowest BCUT2D eigenvalue weighted by Crippen LogP contribution is -2.31. The monoisotopic (exact) mass is 372 g/mol. The number of aromatic nitrogens is 1. The Hall–Kier alpha value is -2.57. The minimum absolute atomic E-state index is 0.0269. The number of thioether (sulfide) groups is 1. The second kappa shape index (κ2) is 8.00. The number of hydrogen-bond donors (Lipinski definition) is 1. The molecule has 0 aliphatic carbocycles. The number of imide groups is 1. The van der Waals surface area contributed by atoms with Crippen LogP contribution in [-0.2, 0) is 4.79 Å². The van der Waals surface area contributed by atoms with Crippen LogP contribution in [-0.4, -0.2) is 22.6 Å². The molecule has 2 amide bonds. The zero-order valence-electron chi connectivity index (χ0n) is 12.9. The number of halogens is 1. The van der Waals surface area contributed by atoms with Crippen molar-refractivity contribution in [2.24, 2.45) is 0 Å². The van der Waals surface area contributed by atoms with E-state index in [0.29, 0.717) is 21.6 Å². The summed E-state index contributed by atoms with van der Waals surface area (Å²) in [4.78, 5) is 27.9. The number of nitrogens with one attached hydrogen (secondary N) is 1. The average Bonchev–Trinajstić information content (AvgIpc) is 3.10. The Labute approximate surface area is 153 Å². The summed E-state index contributed by atoms with van der Waals surface area (Å²) in [6.07, 6.45) is 1.58. The van der Waals surface area contributed by atoms with Crippen molar-refractivity contribution < 1.29 is 14.0 Å². The molecule has 0 radical (unpaired) electrons. The molecule has 0 spiro atoms. The lowest BCUT2D eigenvalue weighted by Gasteiger charge is -2.02. The van der Waals surface area contributed by atoms with Crippen LogP contribution in [0.15, 0.2) is 70.4 Å². The lowest BCUT2D eigenvalue weighted by atomic mass is 10.2. The van der Waals surface area contributed by atoms with Crippen LogP contribution in [0.5, 0.6) is 0 Å². The highest BCUT2D eigenvalue weighted by atomic mass is 35.5. The van der Waals surface area contributed by atoms with E-state index in [1.54, 1.807) is 48.7 Å². The van der Waals surface area contributed by atoms with Gasteiger partial charge in [0.05, 0.1) is 11.9 Å². The average molecular weight is 373 g/mol. The van der Waals surface area contributed by atoms with E-state index >= 15 is 0 Å². The summed E-state index contributed by atoms with van der Waals surface area (Å²) in [5.41, 5.74) is 1.27. The zero-order valence-corrected chi connectivity index (χ0v) is 14.5. The van der Waals surface area contributed by atoms with Crippen molar-refractivity contribution in [3.05, 3.63) is 71.4 Å². The number of oxazole rings is 1. The molecule has 1 heterocycles. The molecule has 0 fully saturated rings. The molecule has 7 heteroatoms. The molecule has 3 aromatic rings. The van der Waals surface area contributed by atoms with E-state index in [1.165, 1.54) is 0 Å². The van der Waals surface area contributed by atoms with Crippen molar-refractivity contribution in [3.8, 4) is 11.3 Å². The molecule has 0 unspecified atom stereocenters. The standard InChI is InChI=1S/C18H13ClN2O3S/c19-14-8-6-12(7-9-14)15-10-20-18(24-15)25-11-16(22)21-17(23)13-4-2-1-3-5-13/h1-10H,11H2,(H,21,22,23). The van der Waals surface area contributed by atoms with Gasteiger partial charge in [-0.15, -0.1) is 0 Å². The summed E-state index contributed by atoms with van der Waals surface area (Å²) in [5.74, 6) is -0.232. The van der Waals surface area contributed by atoms with Crippen LogP contribution in [0.25, 0.3) is 11.3 Å². The van der Waals surface area contributed by atoms with Crippen LogP contribution in [0.3, 0.4) is 0 Å². The zero-order chi connectivity index (χ0) is 17.6. The first kappa shape index (κ1) is 17.3. The van der Waals surface area contributed by atoms with Gasteiger partial charge in [-0.1, -0.05) is 41.6 Å². The van der Waals surface area contributed by atoms with Gasteiger partial charge in [-0.05, 0) is 36.4 Å². The molecule has 25 heavy (non-hydrogen) atoms. The molecule has 0 aliphatic heterocycles. The van der Waals surface area contributed by atoms with Crippen molar-refractivity contribution in [1.82, 2.24) is 10.3 Å². The molecular formula is C18H13ClN2O3S. The minimum atomic E-state index is -0.430. The number of carbonyl (C=O) groups excluding carboxylic acids is 2. The topological polar surface area (TPSA) is 72.2 Å². The summed E-state index contributed by atoms with van der Waals surface area (Å²) in [6.45, 7) is 0. The molecule has 2 aromatic carbocycles. The molecule has 0 bridgehead atoms. The van der Waals surface area contributed by atoms with Crippen molar-refractivity contribution >= 4 is 35.2 Å². The third-order valence-electron chi connectivity index (χ3n) is 3.23. The quantitative estimate of drug-likeness (QED) is 0.684. The fourth-order valence-electron chi connectivity index (χ4n) is 2.02. The Morgan fingerprint density at radius 1 is 1.08 bits per heavy atom. The predicted molar refractivity (Wildman–Crippen MR) is 96.6 cm³/mol. The van der Waals surface area contributed by atoms with E-state index in [2.05, 4.69) is 10.3 Å². The Kier molecular flexibility index (Phi) is 5.53. The Morgan fingerprint density at radius 3 is 2.52 bits per heavy atom. The fourth-order valence-corrected chi connectivity index (χ4v) is 2.75. The van der Waals surface area contributed by atoms with E-state index in [-0.39, 0.29) is 5.75 Å². The van der Waals surface area contributed by atoms with Crippen LogP contribution in [0.4, 0.5) is 0 Å². The molecule has 0 saturated carbocycles.